The molecule has 128 valence electrons. The van der Waals surface area contributed by atoms with Crippen LogP contribution in [0.2, 0.25) is 0 Å². The number of nitrogens with one attached hydrogen (secondary N) is 1. The maximum atomic E-state index is 12.6. The molecule has 0 bridgehead atoms. The van der Waals surface area contributed by atoms with Crippen LogP contribution in [-0.4, -0.2) is 25.5 Å². The number of anilines is 1. The number of nitrogens with zero attached hydrogens (tertiary/aromatic N) is 4. The van der Waals surface area contributed by atoms with Gasteiger partial charge in [0.1, 0.15) is 0 Å². The van der Waals surface area contributed by atoms with Gasteiger partial charge in [-0.2, -0.15) is 10.2 Å². The summed E-state index contributed by atoms with van der Waals surface area (Å²) in [5.74, 6) is -0.547. The summed E-state index contributed by atoms with van der Waals surface area (Å²) in [5, 5.41) is 11.3. The molecule has 0 aliphatic rings. The van der Waals surface area contributed by atoms with Gasteiger partial charge in [-0.3, -0.25) is 14.3 Å². The van der Waals surface area contributed by atoms with Crippen LogP contribution in [0.25, 0.3) is 5.69 Å². The Morgan fingerprint density at radius 1 is 1.08 bits per heavy atom. The zero-order chi connectivity index (χ0) is 18.1. The second kappa shape index (κ2) is 6.35. The van der Waals surface area contributed by atoms with Crippen molar-refractivity contribution >= 4 is 11.6 Å². The highest BCUT2D eigenvalue weighted by Gasteiger charge is 2.19. The molecular weight excluding hydrogens is 318 g/mol. The first-order valence-electron chi connectivity index (χ1n) is 7.86. The van der Waals surface area contributed by atoms with Crippen molar-refractivity contribution in [2.24, 2.45) is 7.05 Å². The van der Waals surface area contributed by atoms with E-state index in [-0.39, 0.29) is 5.69 Å². The first-order valence-corrected chi connectivity index (χ1v) is 7.86. The summed E-state index contributed by atoms with van der Waals surface area (Å²) in [6, 6.07) is 10.8. The molecule has 0 saturated carbocycles. The van der Waals surface area contributed by atoms with Crippen LogP contribution in [0.15, 0.2) is 41.2 Å². The van der Waals surface area contributed by atoms with Crippen molar-refractivity contribution in [2.45, 2.75) is 20.8 Å². The third-order valence-corrected chi connectivity index (χ3v) is 4.07. The van der Waals surface area contributed by atoms with E-state index in [1.165, 1.54) is 6.07 Å². The molecule has 0 radical (unpaired) electrons. The lowest BCUT2D eigenvalue weighted by Crippen LogP contribution is -2.27. The molecule has 0 aliphatic heterocycles. The number of carbonyl (C=O) groups is 1. The highest BCUT2D eigenvalue weighted by molar-refractivity contribution is 6.03. The number of hydrogen-bond donors (Lipinski definition) is 1. The Bertz CT molecular complexity index is 1000. The van der Waals surface area contributed by atoms with Gasteiger partial charge in [0.25, 0.3) is 5.91 Å². The Hall–Kier alpha value is -3.22. The molecule has 0 atom stereocenters. The number of aryl methyl sites for hydroxylation is 3. The van der Waals surface area contributed by atoms with Crippen molar-refractivity contribution in [2.75, 3.05) is 5.32 Å². The maximum absolute atomic E-state index is 12.6. The van der Waals surface area contributed by atoms with E-state index in [1.54, 1.807) is 30.3 Å². The Morgan fingerprint density at radius 2 is 1.76 bits per heavy atom. The summed E-state index contributed by atoms with van der Waals surface area (Å²) in [5.41, 5.74) is 2.95. The van der Waals surface area contributed by atoms with E-state index >= 15 is 0 Å². The van der Waals surface area contributed by atoms with Gasteiger partial charge in [-0.25, -0.2) is 4.68 Å². The van der Waals surface area contributed by atoms with Crippen LogP contribution in [0.5, 0.6) is 0 Å². The van der Waals surface area contributed by atoms with Crippen LogP contribution < -0.4 is 10.7 Å². The molecule has 3 aromatic rings. The molecule has 2 aromatic heterocycles. The van der Waals surface area contributed by atoms with Crippen molar-refractivity contribution in [3.63, 3.8) is 0 Å². The van der Waals surface area contributed by atoms with Crippen molar-refractivity contribution in [1.29, 1.82) is 0 Å². The van der Waals surface area contributed by atoms with Gasteiger partial charge in [0.2, 0.25) is 5.43 Å². The summed E-state index contributed by atoms with van der Waals surface area (Å²) in [7, 11) is 1.80. The molecule has 2 heterocycles. The lowest BCUT2D eigenvalue weighted by atomic mass is 10.2. The van der Waals surface area contributed by atoms with Crippen LogP contribution >= 0.6 is 0 Å². The molecule has 7 heteroatoms. The molecule has 7 nitrogen and oxygen atoms in total. The lowest BCUT2D eigenvalue weighted by molar-refractivity contribution is 0.101. The average molecular weight is 337 g/mol. The fraction of sp³-hybridized carbons (Fsp3) is 0.222. The summed E-state index contributed by atoms with van der Waals surface area (Å²) in [4.78, 5) is 24.9. The lowest BCUT2D eigenvalue weighted by Gasteiger charge is -2.11. The number of amides is 1. The van der Waals surface area contributed by atoms with Gasteiger partial charge in [0, 0.05) is 18.8 Å². The smallest absolute Gasteiger partial charge is 0.280 e. The first-order chi connectivity index (χ1) is 11.9. The van der Waals surface area contributed by atoms with Gasteiger partial charge >= 0.3 is 0 Å². The van der Waals surface area contributed by atoms with E-state index in [9.17, 15) is 9.59 Å². The SMILES string of the molecule is Cc1nn(C)c(C)c1NC(=O)c1nn(-c2ccccc2)c(C)cc1=O. The topological polar surface area (TPSA) is 81.8 Å². The monoisotopic (exact) mass is 337 g/mol. The van der Waals surface area contributed by atoms with Crippen LogP contribution in [0, 0.1) is 20.8 Å². The number of benzene rings is 1. The van der Waals surface area contributed by atoms with Gasteiger partial charge in [0.05, 0.1) is 22.8 Å². The Kier molecular flexibility index (Phi) is 4.22. The maximum Gasteiger partial charge on any atom is 0.280 e. The second-order valence-electron chi connectivity index (χ2n) is 5.87. The Labute approximate surface area is 144 Å². The van der Waals surface area contributed by atoms with E-state index in [4.69, 9.17) is 0 Å². The summed E-state index contributed by atoms with van der Waals surface area (Å²) in [6.45, 7) is 5.42. The minimum absolute atomic E-state index is 0.155. The minimum Gasteiger partial charge on any atom is -0.317 e. The fourth-order valence-corrected chi connectivity index (χ4v) is 2.66. The predicted octanol–water partition coefficient (Wildman–Crippen LogP) is 2.14. The van der Waals surface area contributed by atoms with E-state index in [0.717, 1.165) is 11.4 Å². The number of hydrogen-bond acceptors (Lipinski definition) is 4. The molecule has 0 unspecified atom stereocenters. The number of para-hydroxylation sites is 1. The zero-order valence-corrected chi connectivity index (χ0v) is 14.6. The van der Waals surface area contributed by atoms with E-state index in [2.05, 4.69) is 15.5 Å². The molecule has 25 heavy (non-hydrogen) atoms. The van der Waals surface area contributed by atoms with Gasteiger partial charge in [-0.15, -0.1) is 0 Å². The normalized spacial score (nSPS) is 10.7. The van der Waals surface area contributed by atoms with Crippen LogP contribution in [0.4, 0.5) is 5.69 Å². The van der Waals surface area contributed by atoms with E-state index in [0.29, 0.717) is 17.1 Å². The number of carbonyl (C=O) groups excluding carboxylic acids is 1. The van der Waals surface area contributed by atoms with Crippen LogP contribution in [0.3, 0.4) is 0 Å². The predicted molar refractivity (Wildman–Crippen MR) is 95.2 cm³/mol. The summed E-state index contributed by atoms with van der Waals surface area (Å²) in [6.07, 6.45) is 0. The molecule has 0 fully saturated rings. The van der Waals surface area contributed by atoms with E-state index < -0.39 is 11.3 Å². The third kappa shape index (κ3) is 3.08. The third-order valence-electron chi connectivity index (χ3n) is 4.07. The van der Waals surface area contributed by atoms with E-state index in [1.807, 2.05) is 37.3 Å². The molecule has 3 rings (SSSR count). The van der Waals surface area contributed by atoms with Crippen molar-refractivity contribution in [3.8, 4) is 5.69 Å². The molecule has 0 spiro atoms. The Balaban J connectivity index is 2.02. The van der Waals surface area contributed by atoms with Crippen molar-refractivity contribution in [3.05, 3.63) is 69.4 Å². The summed E-state index contributed by atoms with van der Waals surface area (Å²) >= 11 is 0. The van der Waals surface area contributed by atoms with Gasteiger partial charge in [0.15, 0.2) is 5.69 Å². The number of rotatable bonds is 3. The molecule has 1 amide bonds. The Morgan fingerprint density at radius 3 is 2.36 bits per heavy atom. The minimum atomic E-state index is -0.547. The van der Waals surface area contributed by atoms with Gasteiger partial charge in [-0.1, -0.05) is 18.2 Å². The average Bonchev–Trinajstić information content (AvgIpc) is 2.82. The highest BCUT2D eigenvalue weighted by Crippen LogP contribution is 2.18. The summed E-state index contributed by atoms with van der Waals surface area (Å²) < 4.78 is 3.26. The molecule has 0 aliphatic carbocycles. The quantitative estimate of drug-likeness (QED) is 0.794. The van der Waals surface area contributed by atoms with Gasteiger partial charge < -0.3 is 5.32 Å². The molecule has 1 aromatic carbocycles. The second-order valence-corrected chi connectivity index (χ2v) is 5.87. The molecule has 0 saturated heterocycles. The van der Waals surface area contributed by atoms with Crippen LogP contribution in [-0.2, 0) is 7.05 Å². The highest BCUT2D eigenvalue weighted by atomic mass is 16.2. The largest absolute Gasteiger partial charge is 0.317 e. The van der Waals surface area contributed by atoms with Crippen molar-refractivity contribution < 1.29 is 4.79 Å². The molecular formula is C18H19N5O2. The van der Waals surface area contributed by atoms with Crippen molar-refractivity contribution in [1.82, 2.24) is 19.6 Å². The first kappa shape index (κ1) is 16.6. The molecule has 1 N–H and O–H groups in total. The zero-order valence-electron chi connectivity index (χ0n) is 14.6. The van der Waals surface area contributed by atoms with Gasteiger partial charge in [-0.05, 0) is 32.9 Å². The fourth-order valence-electron chi connectivity index (χ4n) is 2.66. The standard InChI is InChI=1S/C18H19N5O2/c1-11-10-15(24)17(21-23(11)14-8-6-5-7-9-14)18(25)19-16-12(2)20-22(4)13(16)3/h5-10H,1-4H3,(H,19,25). The van der Waals surface area contributed by atoms with Crippen LogP contribution in [0.1, 0.15) is 27.6 Å². The number of aromatic nitrogens is 4.